The molecule has 6 heteroatoms. The Morgan fingerprint density at radius 1 is 1.10 bits per heavy atom. The standard InChI is InChI=1S/C23H25N3O3/c27-22(21-12-13-25-26(21)19-9-2-3-10-19)24-15-18(23(28)29)14-17-8-5-7-16-6-1-4-11-20(16)17/h1,4-8,11-13,18-19H,2-3,9-10,14-15H2,(H,24,27)(H,28,29). The molecule has 1 amide bonds. The van der Waals surface area contributed by atoms with E-state index in [0.29, 0.717) is 12.1 Å². The van der Waals surface area contributed by atoms with Crippen molar-refractivity contribution >= 4 is 22.6 Å². The lowest BCUT2D eigenvalue weighted by molar-refractivity contribution is -0.141. The number of fused-ring (bicyclic) bond motifs is 1. The number of carboxylic acids is 1. The average molecular weight is 391 g/mol. The van der Waals surface area contributed by atoms with Gasteiger partial charge >= 0.3 is 5.97 Å². The van der Waals surface area contributed by atoms with Gasteiger partial charge in [0.15, 0.2) is 0 Å². The first-order valence-corrected chi connectivity index (χ1v) is 10.1. The van der Waals surface area contributed by atoms with Gasteiger partial charge in [-0.2, -0.15) is 5.10 Å². The smallest absolute Gasteiger partial charge is 0.308 e. The number of nitrogens with zero attached hydrogens (tertiary/aromatic N) is 2. The molecule has 4 rings (SSSR count). The number of hydrogen-bond acceptors (Lipinski definition) is 3. The number of rotatable bonds is 7. The lowest BCUT2D eigenvalue weighted by Crippen LogP contribution is -2.35. The highest BCUT2D eigenvalue weighted by Gasteiger charge is 2.24. The number of carbonyl (C=O) groups is 2. The zero-order chi connectivity index (χ0) is 20.2. The van der Waals surface area contributed by atoms with Crippen molar-refractivity contribution in [2.24, 2.45) is 5.92 Å². The summed E-state index contributed by atoms with van der Waals surface area (Å²) in [6, 6.07) is 15.8. The molecule has 0 radical (unpaired) electrons. The SMILES string of the molecule is O=C(NCC(Cc1cccc2ccccc12)C(=O)O)c1ccnn1C1CCCC1. The predicted octanol–water partition coefficient (Wildman–Crippen LogP) is 3.82. The van der Waals surface area contributed by atoms with Crippen LogP contribution in [0.25, 0.3) is 10.8 Å². The fourth-order valence-corrected chi connectivity index (χ4v) is 4.22. The predicted molar refractivity (Wildman–Crippen MR) is 111 cm³/mol. The number of carbonyl (C=O) groups excluding carboxylic acids is 1. The lowest BCUT2D eigenvalue weighted by Gasteiger charge is -2.17. The van der Waals surface area contributed by atoms with E-state index < -0.39 is 11.9 Å². The third kappa shape index (κ3) is 4.16. The van der Waals surface area contributed by atoms with E-state index >= 15 is 0 Å². The summed E-state index contributed by atoms with van der Waals surface area (Å²) in [6.45, 7) is 0.0766. The van der Waals surface area contributed by atoms with Gasteiger partial charge in [-0.15, -0.1) is 0 Å². The summed E-state index contributed by atoms with van der Waals surface area (Å²) in [5, 5.41) is 19.0. The summed E-state index contributed by atoms with van der Waals surface area (Å²) in [5.74, 6) is -1.88. The molecule has 150 valence electrons. The molecule has 1 aliphatic carbocycles. The van der Waals surface area contributed by atoms with Crippen molar-refractivity contribution < 1.29 is 14.7 Å². The molecule has 1 aliphatic rings. The number of amides is 1. The third-order valence-corrected chi connectivity index (χ3v) is 5.78. The second kappa shape index (κ2) is 8.47. The van der Waals surface area contributed by atoms with Crippen molar-refractivity contribution in [2.45, 2.75) is 38.1 Å². The molecule has 6 nitrogen and oxygen atoms in total. The molecule has 0 saturated heterocycles. The second-order valence-corrected chi connectivity index (χ2v) is 7.69. The van der Waals surface area contributed by atoms with Crippen LogP contribution in [-0.2, 0) is 11.2 Å². The number of carboxylic acid groups (broad SMARTS) is 1. The van der Waals surface area contributed by atoms with E-state index in [1.54, 1.807) is 16.9 Å². The highest BCUT2D eigenvalue weighted by molar-refractivity contribution is 5.93. The van der Waals surface area contributed by atoms with E-state index in [1.165, 1.54) is 0 Å². The Morgan fingerprint density at radius 3 is 2.66 bits per heavy atom. The van der Waals surface area contributed by atoms with Crippen LogP contribution in [0, 0.1) is 5.92 Å². The molecule has 1 saturated carbocycles. The summed E-state index contributed by atoms with van der Waals surface area (Å²) in [6.07, 6.45) is 6.36. The summed E-state index contributed by atoms with van der Waals surface area (Å²) in [4.78, 5) is 24.6. The van der Waals surface area contributed by atoms with Gasteiger partial charge < -0.3 is 10.4 Å². The molecule has 1 fully saturated rings. The Hall–Kier alpha value is -3.15. The Morgan fingerprint density at radius 2 is 1.86 bits per heavy atom. The van der Waals surface area contributed by atoms with Crippen LogP contribution < -0.4 is 5.32 Å². The van der Waals surface area contributed by atoms with Gasteiger partial charge in [0, 0.05) is 12.7 Å². The number of benzene rings is 2. The molecule has 0 aliphatic heterocycles. The minimum atomic E-state index is -0.914. The zero-order valence-corrected chi connectivity index (χ0v) is 16.3. The van der Waals surface area contributed by atoms with Crippen molar-refractivity contribution in [2.75, 3.05) is 6.54 Å². The summed E-state index contributed by atoms with van der Waals surface area (Å²) >= 11 is 0. The minimum absolute atomic E-state index is 0.0766. The molecule has 1 unspecified atom stereocenters. The lowest BCUT2D eigenvalue weighted by atomic mass is 9.95. The molecule has 2 aromatic carbocycles. The van der Waals surface area contributed by atoms with E-state index in [2.05, 4.69) is 10.4 Å². The van der Waals surface area contributed by atoms with E-state index in [0.717, 1.165) is 42.0 Å². The molecule has 1 heterocycles. The van der Waals surface area contributed by atoms with Crippen molar-refractivity contribution in [3.8, 4) is 0 Å². The van der Waals surface area contributed by atoms with Crippen LogP contribution in [0.3, 0.4) is 0 Å². The average Bonchev–Trinajstić information content (AvgIpc) is 3.42. The Bertz CT molecular complexity index is 1020. The Labute approximate surface area is 169 Å². The van der Waals surface area contributed by atoms with Crippen LogP contribution in [0.2, 0.25) is 0 Å². The number of nitrogens with one attached hydrogen (secondary N) is 1. The second-order valence-electron chi connectivity index (χ2n) is 7.69. The maximum absolute atomic E-state index is 12.7. The van der Waals surface area contributed by atoms with Crippen LogP contribution in [0.15, 0.2) is 54.7 Å². The van der Waals surface area contributed by atoms with Crippen molar-refractivity contribution in [3.63, 3.8) is 0 Å². The van der Waals surface area contributed by atoms with E-state index in [9.17, 15) is 14.7 Å². The molecule has 0 bridgehead atoms. The summed E-state index contributed by atoms with van der Waals surface area (Å²) in [7, 11) is 0. The zero-order valence-electron chi connectivity index (χ0n) is 16.3. The van der Waals surface area contributed by atoms with Gasteiger partial charge in [0.2, 0.25) is 0 Å². The summed E-state index contributed by atoms with van der Waals surface area (Å²) in [5.41, 5.74) is 1.48. The van der Waals surface area contributed by atoms with Crippen LogP contribution in [0.5, 0.6) is 0 Å². The fourth-order valence-electron chi connectivity index (χ4n) is 4.22. The number of aliphatic carboxylic acids is 1. The normalized spacial score (nSPS) is 15.4. The van der Waals surface area contributed by atoms with E-state index in [4.69, 9.17) is 0 Å². The van der Waals surface area contributed by atoms with Gasteiger partial charge in [-0.1, -0.05) is 55.3 Å². The molecular weight excluding hydrogens is 366 g/mol. The maximum Gasteiger partial charge on any atom is 0.308 e. The van der Waals surface area contributed by atoms with Crippen LogP contribution >= 0.6 is 0 Å². The monoisotopic (exact) mass is 391 g/mol. The number of hydrogen-bond donors (Lipinski definition) is 2. The van der Waals surface area contributed by atoms with Crippen LogP contribution in [0.4, 0.5) is 0 Å². The Balaban J connectivity index is 1.46. The molecule has 1 aromatic heterocycles. The highest BCUT2D eigenvalue weighted by Crippen LogP contribution is 2.29. The molecule has 0 spiro atoms. The van der Waals surface area contributed by atoms with Gasteiger partial charge in [-0.25, -0.2) is 0 Å². The van der Waals surface area contributed by atoms with Crippen LogP contribution in [0.1, 0.15) is 47.8 Å². The molecular formula is C23H25N3O3. The topological polar surface area (TPSA) is 84.2 Å². The molecule has 29 heavy (non-hydrogen) atoms. The maximum atomic E-state index is 12.7. The largest absolute Gasteiger partial charge is 0.481 e. The van der Waals surface area contributed by atoms with Crippen molar-refractivity contribution in [3.05, 3.63) is 66.0 Å². The highest BCUT2D eigenvalue weighted by atomic mass is 16.4. The quantitative estimate of drug-likeness (QED) is 0.641. The van der Waals surface area contributed by atoms with Crippen LogP contribution in [-0.4, -0.2) is 33.3 Å². The van der Waals surface area contributed by atoms with E-state index in [1.807, 2.05) is 42.5 Å². The minimum Gasteiger partial charge on any atom is -0.481 e. The fraction of sp³-hybridized carbons (Fsp3) is 0.348. The first-order chi connectivity index (χ1) is 14.1. The first kappa shape index (κ1) is 19.2. The number of aromatic nitrogens is 2. The van der Waals surface area contributed by atoms with Gasteiger partial charge in [0.05, 0.1) is 12.0 Å². The van der Waals surface area contributed by atoms with Gasteiger partial charge in [-0.05, 0) is 41.7 Å². The third-order valence-electron chi connectivity index (χ3n) is 5.78. The Kier molecular flexibility index (Phi) is 5.60. The van der Waals surface area contributed by atoms with Gasteiger partial charge in [-0.3, -0.25) is 14.3 Å². The van der Waals surface area contributed by atoms with Crippen molar-refractivity contribution in [1.82, 2.24) is 15.1 Å². The summed E-state index contributed by atoms with van der Waals surface area (Å²) < 4.78 is 1.79. The van der Waals surface area contributed by atoms with Gasteiger partial charge in [0.25, 0.3) is 5.91 Å². The molecule has 3 aromatic rings. The molecule has 2 N–H and O–H groups in total. The van der Waals surface area contributed by atoms with E-state index in [-0.39, 0.29) is 18.5 Å². The molecule has 1 atom stereocenters. The first-order valence-electron chi connectivity index (χ1n) is 10.1. The van der Waals surface area contributed by atoms with Gasteiger partial charge in [0.1, 0.15) is 5.69 Å². The van der Waals surface area contributed by atoms with Crippen molar-refractivity contribution in [1.29, 1.82) is 0 Å².